The largest absolute Gasteiger partial charge is 0.271 e. The topological polar surface area (TPSA) is 78.0 Å². The summed E-state index contributed by atoms with van der Waals surface area (Å²) in [5.41, 5.74) is 1.19. The van der Waals surface area contributed by atoms with Gasteiger partial charge < -0.3 is 0 Å². The SMILES string of the molecule is O=c1c2ccccc2nc(-c2ccccc2)n1-c1ccc([N+](=O)[O-])cc1Cl. The second-order valence-corrected chi connectivity index (χ2v) is 6.26. The number of non-ortho nitro benzene ring substituents is 1. The van der Waals surface area contributed by atoms with Crippen LogP contribution in [0.3, 0.4) is 0 Å². The first-order valence-corrected chi connectivity index (χ1v) is 8.45. The zero-order valence-corrected chi connectivity index (χ0v) is 14.6. The smallest absolute Gasteiger partial charge is 0.268 e. The lowest BCUT2D eigenvalue weighted by Crippen LogP contribution is -2.22. The lowest BCUT2D eigenvalue weighted by molar-refractivity contribution is -0.384. The molecule has 0 saturated heterocycles. The van der Waals surface area contributed by atoms with Gasteiger partial charge in [-0.3, -0.25) is 19.5 Å². The van der Waals surface area contributed by atoms with Crippen molar-refractivity contribution >= 4 is 28.2 Å². The minimum absolute atomic E-state index is 0.0977. The van der Waals surface area contributed by atoms with E-state index in [1.165, 1.54) is 22.8 Å². The van der Waals surface area contributed by atoms with Gasteiger partial charge in [0.25, 0.3) is 11.2 Å². The minimum Gasteiger partial charge on any atom is -0.268 e. The number of rotatable bonds is 3. The van der Waals surface area contributed by atoms with Crippen molar-refractivity contribution in [3.8, 4) is 17.1 Å². The summed E-state index contributed by atoms with van der Waals surface area (Å²) < 4.78 is 1.39. The zero-order chi connectivity index (χ0) is 19.0. The molecule has 0 unspecified atom stereocenters. The Kier molecular flexibility index (Phi) is 4.18. The third-order valence-corrected chi connectivity index (χ3v) is 4.49. The Morgan fingerprint density at radius 2 is 1.67 bits per heavy atom. The van der Waals surface area contributed by atoms with Crippen LogP contribution in [0.1, 0.15) is 0 Å². The monoisotopic (exact) mass is 377 g/mol. The molecule has 0 saturated carbocycles. The highest BCUT2D eigenvalue weighted by molar-refractivity contribution is 6.32. The van der Waals surface area contributed by atoms with Gasteiger partial charge >= 0.3 is 0 Å². The molecule has 0 bridgehead atoms. The molecule has 0 aliphatic rings. The maximum atomic E-state index is 13.2. The number of nitro groups is 1. The summed E-state index contributed by atoms with van der Waals surface area (Å²) >= 11 is 6.30. The van der Waals surface area contributed by atoms with Crippen molar-refractivity contribution in [3.05, 3.63) is 98.3 Å². The molecule has 0 amide bonds. The summed E-state index contributed by atoms with van der Waals surface area (Å²) in [5.74, 6) is 0.412. The summed E-state index contributed by atoms with van der Waals surface area (Å²) in [6, 6.07) is 20.3. The Morgan fingerprint density at radius 3 is 2.37 bits per heavy atom. The van der Waals surface area contributed by atoms with Crippen LogP contribution < -0.4 is 5.56 Å². The second kappa shape index (κ2) is 6.66. The Bertz CT molecular complexity index is 1240. The van der Waals surface area contributed by atoms with E-state index in [1.54, 1.807) is 18.2 Å². The summed E-state index contributed by atoms with van der Waals surface area (Å²) in [6.07, 6.45) is 0. The number of hydrogen-bond donors (Lipinski definition) is 0. The first kappa shape index (κ1) is 16.9. The molecule has 1 aromatic heterocycles. The van der Waals surface area contributed by atoms with Crippen molar-refractivity contribution in [1.29, 1.82) is 0 Å². The van der Waals surface area contributed by atoms with Crippen LogP contribution in [0.15, 0.2) is 77.6 Å². The molecule has 3 aromatic carbocycles. The Morgan fingerprint density at radius 1 is 0.963 bits per heavy atom. The van der Waals surface area contributed by atoms with Crippen molar-refractivity contribution < 1.29 is 4.92 Å². The summed E-state index contributed by atoms with van der Waals surface area (Å²) in [6.45, 7) is 0. The Balaban J connectivity index is 2.09. The van der Waals surface area contributed by atoms with E-state index in [0.717, 1.165) is 5.56 Å². The van der Waals surface area contributed by atoms with E-state index in [1.807, 2.05) is 36.4 Å². The van der Waals surface area contributed by atoms with Gasteiger partial charge in [0.1, 0.15) is 5.82 Å². The highest BCUT2D eigenvalue weighted by atomic mass is 35.5. The normalized spacial score (nSPS) is 10.9. The summed E-state index contributed by atoms with van der Waals surface area (Å²) in [4.78, 5) is 28.3. The van der Waals surface area contributed by atoms with Crippen LogP contribution in [0.25, 0.3) is 28.0 Å². The number of aromatic nitrogens is 2. The van der Waals surface area contributed by atoms with E-state index >= 15 is 0 Å². The molecule has 0 fully saturated rings. The number of halogens is 1. The van der Waals surface area contributed by atoms with Crippen LogP contribution in [-0.2, 0) is 0 Å². The number of hydrogen-bond acceptors (Lipinski definition) is 4. The van der Waals surface area contributed by atoms with E-state index in [-0.39, 0.29) is 16.3 Å². The van der Waals surface area contributed by atoms with E-state index in [2.05, 4.69) is 4.98 Å². The standard InChI is InChI=1S/C20H12ClN3O3/c21-16-12-14(24(26)27)10-11-18(16)23-19(13-6-2-1-3-7-13)22-17-9-5-4-8-15(17)20(23)25/h1-12H. The Labute approximate surface area is 158 Å². The summed E-state index contributed by atoms with van der Waals surface area (Å²) in [5, 5.41) is 11.5. The fourth-order valence-corrected chi connectivity index (χ4v) is 3.19. The first-order chi connectivity index (χ1) is 13.1. The predicted octanol–water partition coefficient (Wildman–Crippen LogP) is 4.61. The minimum atomic E-state index is -0.533. The molecular weight excluding hydrogens is 366 g/mol. The van der Waals surface area contributed by atoms with Crippen LogP contribution in [0.4, 0.5) is 5.69 Å². The zero-order valence-electron chi connectivity index (χ0n) is 13.9. The molecule has 0 radical (unpaired) electrons. The Hall–Kier alpha value is -3.51. The molecule has 132 valence electrons. The number of nitrogens with zero attached hydrogens (tertiary/aromatic N) is 3. The van der Waals surface area contributed by atoms with Gasteiger partial charge in [-0.15, -0.1) is 0 Å². The molecule has 0 spiro atoms. The van der Waals surface area contributed by atoms with Gasteiger partial charge in [0.05, 0.1) is 26.5 Å². The number of benzene rings is 3. The molecule has 27 heavy (non-hydrogen) atoms. The van der Waals surface area contributed by atoms with E-state index in [0.29, 0.717) is 22.4 Å². The quantitative estimate of drug-likeness (QED) is 0.385. The molecule has 6 nitrogen and oxygen atoms in total. The fraction of sp³-hybridized carbons (Fsp3) is 0. The van der Waals surface area contributed by atoms with Crippen molar-refractivity contribution in [2.45, 2.75) is 0 Å². The molecular formula is C20H12ClN3O3. The molecule has 4 aromatic rings. The lowest BCUT2D eigenvalue weighted by Gasteiger charge is -2.15. The maximum Gasteiger partial charge on any atom is 0.271 e. The summed E-state index contributed by atoms with van der Waals surface area (Å²) in [7, 11) is 0. The maximum absolute atomic E-state index is 13.2. The third kappa shape index (κ3) is 2.96. The number of nitro benzene ring substituents is 1. The number of fused-ring (bicyclic) bond motifs is 1. The molecule has 0 N–H and O–H groups in total. The van der Waals surface area contributed by atoms with Crippen molar-refractivity contribution in [2.75, 3.05) is 0 Å². The van der Waals surface area contributed by atoms with Gasteiger partial charge in [-0.1, -0.05) is 54.1 Å². The average Bonchev–Trinajstić information content (AvgIpc) is 2.69. The first-order valence-electron chi connectivity index (χ1n) is 8.08. The van der Waals surface area contributed by atoms with Gasteiger partial charge in [-0.2, -0.15) is 0 Å². The fourth-order valence-electron chi connectivity index (χ4n) is 2.93. The van der Waals surface area contributed by atoms with Crippen LogP contribution in [-0.4, -0.2) is 14.5 Å². The third-order valence-electron chi connectivity index (χ3n) is 4.19. The van der Waals surface area contributed by atoms with E-state index < -0.39 is 4.92 Å². The van der Waals surface area contributed by atoms with Gasteiger partial charge in [0.15, 0.2) is 0 Å². The number of para-hydroxylation sites is 1. The van der Waals surface area contributed by atoms with Crippen LogP contribution in [0.2, 0.25) is 5.02 Å². The van der Waals surface area contributed by atoms with Crippen LogP contribution in [0, 0.1) is 10.1 Å². The molecule has 4 rings (SSSR count). The van der Waals surface area contributed by atoms with Crippen molar-refractivity contribution in [2.24, 2.45) is 0 Å². The lowest BCUT2D eigenvalue weighted by atomic mass is 10.1. The predicted molar refractivity (Wildman–Crippen MR) is 104 cm³/mol. The van der Waals surface area contributed by atoms with Gasteiger partial charge in [-0.25, -0.2) is 4.98 Å². The molecule has 0 aliphatic carbocycles. The van der Waals surface area contributed by atoms with Gasteiger partial charge in [-0.05, 0) is 18.2 Å². The van der Waals surface area contributed by atoms with E-state index in [4.69, 9.17) is 11.6 Å². The van der Waals surface area contributed by atoms with Crippen molar-refractivity contribution in [3.63, 3.8) is 0 Å². The molecule has 1 heterocycles. The van der Waals surface area contributed by atoms with E-state index in [9.17, 15) is 14.9 Å². The van der Waals surface area contributed by atoms with Gasteiger partial charge in [0.2, 0.25) is 0 Å². The average molecular weight is 378 g/mol. The molecule has 0 atom stereocenters. The van der Waals surface area contributed by atoms with Crippen LogP contribution in [0.5, 0.6) is 0 Å². The molecule has 0 aliphatic heterocycles. The molecule has 7 heteroatoms. The highest BCUT2D eigenvalue weighted by Crippen LogP contribution is 2.29. The highest BCUT2D eigenvalue weighted by Gasteiger charge is 2.18. The van der Waals surface area contributed by atoms with Crippen LogP contribution >= 0.6 is 11.6 Å². The van der Waals surface area contributed by atoms with Crippen molar-refractivity contribution in [1.82, 2.24) is 9.55 Å². The second-order valence-electron chi connectivity index (χ2n) is 5.85. The van der Waals surface area contributed by atoms with Gasteiger partial charge in [0, 0.05) is 17.7 Å².